The molecular formula is C17H22ClN3O2. The Labute approximate surface area is 141 Å². The first-order valence-electron chi connectivity index (χ1n) is 8.10. The van der Waals surface area contributed by atoms with Crippen molar-refractivity contribution in [2.24, 2.45) is 0 Å². The van der Waals surface area contributed by atoms with Crippen LogP contribution in [0.15, 0.2) is 24.3 Å². The SMILES string of the molecule is C[C@H](NC(=O)N1C[C@@H]2CCCN2C(=O)[C@@H]1C)c1ccc(Cl)cc1. The van der Waals surface area contributed by atoms with Crippen molar-refractivity contribution in [2.45, 2.75) is 44.8 Å². The molecule has 2 heterocycles. The Balaban J connectivity index is 1.67. The number of urea groups is 1. The number of piperazine rings is 1. The molecule has 6 heteroatoms. The summed E-state index contributed by atoms with van der Waals surface area (Å²) in [6, 6.07) is 6.88. The zero-order valence-corrected chi connectivity index (χ0v) is 14.2. The smallest absolute Gasteiger partial charge is 0.318 e. The fraction of sp³-hybridized carbons (Fsp3) is 0.529. The van der Waals surface area contributed by atoms with Gasteiger partial charge in [-0.15, -0.1) is 0 Å². The van der Waals surface area contributed by atoms with E-state index in [1.165, 1.54) is 0 Å². The molecule has 1 aromatic rings. The molecule has 3 atom stereocenters. The average Bonchev–Trinajstić information content (AvgIpc) is 3.00. The van der Waals surface area contributed by atoms with Crippen LogP contribution in [0.2, 0.25) is 5.02 Å². The van der Waals surface area contributed by atoms with Gasteiger partial charge >= 0.3 is 6.03 Å². The number of nitrogens with one attached hydrogen (secondary N) is 1. The van der Waals surface area contributed by atoms with Crippen molar-refractivity contribution in [3.8, 4) is 0 Å². The van der Waals surface area contributed by atoms with E-state index >= 15 is 0 Å². The van der Waals surface area contributed by atoms with E-state index < -0.39 is 6.04 Å². The Morgan fingerprint density at radius 2 is 2.04 bits per heavy atom. The van der Waals surface area contributed by atoms with Gasteiger partial charge in [-0.05, 0) is 44.4 Å². The van der Waals surface area contributed by atoms with E-state index in [1.54, 1.807) is 4.90 Å². The Bertz CT molecular complexity index is 604. The highest BCUT2D eigenvalue weighted by atomic mass is 35.5. The van der Waals surface area contributed by atoms with Crippen LogP contribution >= 0.6 is 11.6 Å². The van der Waals surface area contributed by atoms with E-state index in [0.717, 1.165) is 24.9 Å². The summed E-state index contributed by atoms with van der Waals surface area (Å²) in [5.41, 5.74) is 0.987. The van der Waals surface area contributed by atoms with Gasteiger partial charge in [0, 0.05) is 24.2 Å². The minimum absolute atomic E-state index is 0.0630. The summed E-state index contributed by atoms with van der Waals surface area (Å²) >= 11 is 5.89. The molecule has 0 unspecified atom stereocenters. The second-order valence-electron chi connectivity index (χ2n) is 6.38. The fourth-order valence-electron chi connectivity index (χ4n) is 3.44. The van der Waals surface area contributed by atoms with E-state index in [-0.39, 0.29) is 24.0 Å². The maximum atomic E-state index is 12.6. The molecule has 2 aliphatic rings. The first kappa shape index (κ1) is 16.1. The van der Waals surface area contributed by atoms with Crippen LogP contribution in [0.25, 0.3) is 0 Å². The zero-order chi connectivity index (χ0) is 16.6. The van der Waals surface area contributed by atoms with Crippen LogP contribution < -0.4 is 5.32 Å². The summed E-state index contributed by atoms with van der Waals surface area (Å²) in [6.07, 6.45) is 2.01. The van der Waals surface area contributed by atoms with Gasteiger partial charge in [0.1, 0.15) is 6.04 Å². The molecule has 23 heavy (non-hydrogen) atoms. The molecule has 1 N–H and O–H groups in total. The van der Waals surface area contributed by atoms with Gasteiger partial charge in [0.25, 0.3) is 0 Å². The Morgan fingerprint density at radius 1 is 1.35 bits per heavy atom. The number of halogens is 1. The number of rotatable bonds is 2. The Kier molecular flexibility index (Phi) is 4.48. The lowest BCUT2D eigenvalue weighted by Crippen LogP contribution is -2.61. The third-order valence-electron chi connectivity index (χ3n) is 4.86. The van der Waals surface area contributed by atoms with Crippen LogP contribution in [0, 0.1) is 0 Å². The second-order valence-corrected chi connectivity index (χ2v) is 6.82. The number of carbonyl (C=O) groups is 2. The quantitative estimate of drug-likeness (QED) is 0.903. The Hall–Kier alpha value is -1.75. The summed E-state index contributed by atoms with van der Waals surface area (Å²) in [5, 5.41) is 3.66. The van der Waals surface area contributed by atoms with Gasteiger partial charge in [-0.1, -0.05) is 23.7 Å². The maximum Gasteiger partial charge on any atom is 0.318 e. The van der Waals surface area contributed by atoms with Crippen molar-refractivity contribution in [1.82, 2.24) is 15.1 Å². The molecule has 0 spiro atoms. The van der Waals surface area contributed by atoms with Crippen molar-refractivity contribution >= 4 is 23.5 Å². The van der Waals surface area contributed by atoms with E-state index in [4.69, 9.17) is 11.6 Å². The Morgan fingerprint density at radius 3 is 2.74 bits per heavy atom. The molecular weight excluding hydrogens is 314 g/mol. The third-order valence-corrected chi connectivity index (χ3v) is 5.12. The van der Waals surface area contributed by atoms with Gasteiger partial charge in [0.05, 0.1) is 6.04 Å². The lowest BCUT2D eigenvalue weighted by molar-refractivity contribution is -0.140. The summed E-state index contributed by atoms with van der Waals surface area (Å²) in [5.74, 6) is 0.0630. The zero-order valence-electron chi connectivity index (χ0n) is 13.5. The van der Waals surface area contributed by atoms with Crippen LogP contribution in [0.4, 0.5) is 4.79 Å². The van der Waals surface area contributed by atoms with Crippen LogP contribution in [0.1, 0.15) is 38.3 Å². The number of benzene rings is 1. The highest BCUT2D eigenvalue weighted by Gasteiger charge is 2.42. The molecule has 0 saturated carbocycles. The van der Waals surface area contributed by atoms with Crippen molar-refractivity contribution in [3.05, 3.63) is 34.9 Å². The predicted octanol–water partition coefficient (Wildman–Crippen LogP) is 2.81. The lowest BCUT2D eigenvalue weighted by atomic mass is 10.1. The second kappa shape index (κ2) is 6.40. The molecule has 2 fully saturated rings. The highest BCUT2D eigenvalue weighted by Crippen LogP contribution is 2.26. The average molecular weight is 336 g/mol. The number of nitrogens with zero attached hydrogens (tertiary/aromatic N) is 2. The number of hydrogen-bond acceptors (Lipinski definition) is 2. The van der Waals surface area contributed by atoms with Crippen LogP contribution in [-0.2, 0) is 4.79 Å². The summed E-state index contributed by atoms with van der Waals surface area (Å²) in [6.45, 7) is 5.18. The van der Waals surface area contributed by atoms with Gasteiger partial charge < -0.3 is 15.1 Å². The largest absolute Gasteiger partial charge is 0.336 e. The number of hydrogen-bond donors (Lipinski definition) is 1. The lowest BCUT2D eigenvalue weighted by Gasteiger charge is -2.41. The molecule has 3 rings (SSSR count). The minimum Gasteiger partial charge on any atom is -0.336 e. The van der Waals surface area contributed by atoms with Gasteiger partial charge in [0.15, 0.2) is 0 Å². The van der Waals surface area contributed by atoms with E-state index in [0.29, 0.717) is 11.6 Å². The molecule has 0 aliphatic carbocycles. The molecule has 0 bridgehead atoms. The summed E-state index contributed by atoms with van der Waals surface area (Å²) < 4.78 is 0. The molecule has 1 aromatic carbocycles. The topological polar surface area (TPSA) is 52.7 Å². The monoisotopic (exact) mass is 335 g/mol. The molecule has 3 amide bonds. The minimum atomic E-state index is -0.401. The van der Waals surface area contributed by atoms with Crippen molar-refractivity contribution in [3.63, 3.8) is 0 Å². The third kappa shape index (κ3) is 3.15. The van der Waals surface area contributed by atoms with Crippen LogP contribution in [0.3, 0.4) is 0 Å². The first-order chi connectivity index (χ1) is 11.0. The molecule has 5 nitrogen and oxygen atoms in total. The van der Waals surface area contributed by atoms with E-state index in [2.05, 4.69) is 5.32 Å². The summed E-state index contributed by atoms with van der Waals surface area (Å²) in [7, 11) is 0. The van der Waals surface area contributed by atoms with E-state index in [9.17, 15) is 9.59 Å². The normalized spacial score (nSPS) is 25.3. The first-order valence-corrected chi connectivity index (χ1v) is 8.48. The standard InChI is InChI=1S/C17H22ClN3O2/c1-11(13-5-7-14(18)8-6-13)19-17(23)21-10-15-4-3-9-20(15)16(22)12(21)2/h5-8,11-12,15H,3-4,9-10H2,1-2H3,(H,19,23)/t11-,12-,15-/m0/s1. The molecule has 124 valence electrons. The number of carbonyl (C=O) groups excluding carboxylic acids is 2. The fourth-order valence-corrected chi connectivity index (χ4v) is 3.56. The van der Waals surface area contributed by atoms with Gasteiger partial charge in [0.2, 0.25) is 5.91 Å². The highest BCUT2D eigenvalue weighted by molar-refractivity contribution is 6.30. The predicted molar refractivity (Wildman–Crippen MR) is 89.3 cm³/mol. The van der Waals surface area contributed by atoms with Crippen molar-refractivity contribution in [1.29, 1.82) is 0 Å². The van der Waals surface area contributed by atoms with E-state index in [1.807, 2.05) is 43.0 Å². The molecule has 0 radical (unpaired) electrons. The van der Waals surface area contributed by atoms with Gasteiger partial charge in [-0.3, -0.25) is 4.79 Å². The van der Waals surface area contributed by atoms with Gasteiger partial charge in [-0.2, -0.15) is 0 Å². The molecule has 2 aliphatic heterocycles. The number of amides is 3. The van der Waals surface area contributed by atoms with Crippen molar-refractivity contribution in [2.75, 3.05) is 13.1 Å². The van der Waals surface area contributed by atoms with Crippen molar-refractivity contribution < 1.29 is 9.59 Å². The van der Waals surface area contributed by atoms with Gasteiger partial charge in [-0.25, -0.2) is 4.79 Å². The maximum absolute atomic E-state index is 12.6. The molecule has 2 saturated heterocycles. The van der Waals surface area contributed by atoms with Crippen LogP contribution in [-0.4, -0.2) is 46.9 Å². The van der Waals surface area contributed by atoms with Crippen LogP contribution in [0.5, 0.6) is 0 Å². The number of fused-ring (bicyclic) bond motifs is 1. The summed E-state index contributed by atoms with van der Waals surface area (Å²) in [4.78, 5) is 28.6. The molecule has 0 aromatic heterocycles.